The fraction of sp³-hybridized carbons (Fsp3) is 0.474. The van der Waals surface area contributed by atoms with Crippen molar-refractivity contribution in [2.24, 2.45) is 5.92 Å². The molecule has 1 aromatic carbocycles. The van der Waals surface area contributed by atoms with Crippen molar-refractivity contribution in [2.45, 2.75) is 19.4 Å². The molecule has 1 fully saturated rings. The predicted molar refractivity (Wildman–Crippen MR) is 107 cm³/mol. The number of benzene rings is 1. The lowest BCUT2D eigenvalue weighted by atomic mass is 9.97. The van der Waals surface area contributed by atoms with Crippen LogP contribution in [0.25, 0.3) is 0 Å². The molecular weight excluding hydrogens is 370 g/mol. The maximum Gasteiger partial charge on any atom is 0.254 e. The molecule has 1 aliphatic heterocycles. The summed E-state index contributed by atoms with van der Waals surface area (Å²) >= 11 is 1.57. The van der Waals surface area contributed by atoms with Crippen molar-refractivity contribution in [3.05, 3.63) is 52.0 Å². The van der Waals surface area contributed by atoms with Gasteiger partial charge in [0.15, 0.2) is 0 Å². The van der Waals surface area contributed by atoms with E-state index in [1.54, 1.807) is 24.6 Å². The first-order valence-corrected chi connectivity index (χ1v) is 9.60. The van der Waals surface area contributed by atoms with Gasteiger partial charge in [-0.25, -0.2) is 4.98 Å². The lowest BCUT2D eigenvalue weighted by molar-refractivity contribution is 0.0680. The van der Waals surface area contributed by atoms with Gasteiger partial charge in [0.1, 0.15) is 5.01 Å². The fourth-order valence-electron chi connectivity index (χ4n) is 3.18. The first kappa shape index (κ1) is 20.8. The van der Waals surface area contributed by atoms with Crippen LogP contribution in [0.1, 0.15) is 27.3 Å². The molecule has 1 amide bonds. The first-order valence-electron chi connectivity index (χ1n) is 8.72. The fourth-order valence-corrected chi connectivity index (χ4v) is 3.82. The lowest BCUT2D eigenvalue weighted by Crippen LogP contribution is -2.33. The molecule has 142 valence electrons. The Kier molecular flexibility index (Phi) is 8.51. The molecule has 0 saturated carbocycles. The Morgan fingerprint density at radius 1 is 1.46 bits per heavy atom. The Balaban J connectivity index is 0.00000243. The maximum absolute atomic E-state index is 13.0. The summed E-state index contributed by atoms with van der Waals surface area (Å²) in [4.78, 5) is 19.1. The van der Waals surface area contributed by atoms with Crippen LogP contribution in [-0.4, -0.2) is 49.1 Å². The lowest BCUT2D eigenvalue weighted by Gasteiger charge is -2.22. The Morgan fingerprint density at radius 3 is 3.04 bits per heavy atom. The van der Waals surface area contributed by atoms with Gasteiger partial charge in [-0.1, -0.05) is 12.1 Å². The van der Waals surface area contributed by atoms with E-state index in [9.17, 15) is 4.79 Å². The molecule has 1 N–H and O–H groups in total. The van der Waals surface area contributed by atoms with Gasteiger partial charge < -0.3 is 15.0 Å². The average molecular weight is 396 g/mol. The average Bonchev–Trinajstić information content (AvgIpc) is 3.32. The van der Waals surface area contributed by atoms with E-state index < -0.39 is 0 Å². The summed E-state index contributed by atoms with van der Waals surface area (Å²) in [6, 6.07) is 8.06. The minimum Gasteiger partial charge on any atom is -0.383 e. The van der Waals surface area contributed by atoms with Crippen molar-refractivity contribution in [3.8, 4) is 0 Å². The molecule has 1 atom stereocenters. The number of ether oxygens (including phenoxy) is 1. The van der Waals surface area contributed by atoms with Crippen LogP contribution in [-0.2, 0) is 17.7 Å². The van der Waals surface area contributed by atoms with E-state index in [-0.39, 0.29) is 18.3 Å². The van der Waals surface area contributed by atoms with Crippen LogP contribution < -0.4 is 5.32 Å². The summed E-state index contributed by atoms with van der Waals surface area (Å²) in [6.45, 7) is 3.77. The highest BCUT2D eigenvalue weighted by molar-refractivity contribution is 7.09. The van der Waals surface area contributed by atoms with Crippen LogP contribution >= 0.6 is 23.7 Å². The Hall–Kier alpha value is -1.47. The van der Waals surface area contributed by atoms with Crippen molar-refractivity contribution in [2.75, 3.05) is 33.4 Å². The van der Waals surface area contributed by atoms with Crippen LogP contribution in [0.2, 0.25) is 0 Å². The third-order valence-corrected chi connectivity index (χ3v) is 5.29. The van der Waals surface area contributed by atoms with Gasteiger partial charge in [0, 0.05) is 30.8 Å². The zero-order valence-electron chi connectivity index (χ0n) is 15.0. The quantitative estimate of drug-likeness (QED) is 0.746. The molecule has 0 aliphatic carbocycles. The Labute approximate surface area is 165 Å². The van der Waals surface area contributed by atoms with E-state index in [2.05, 4.69) is 16.4 Å². The molecular formula is C19H26ClN3O2S. The number of methoxy groups -OCH3 is 1. The van der Waals surface area contributed by atoms with Crippen molar-refractivity contribution in [1.82, 2.24) is 15.2 Å². The van der Waals surface area contributed by atoms with Crippen molar-refractivity contribution < 1.29 is 9.53 Å². The number of halogens is 1. The number of aromatic nitrogens is 1. The number of carbonyl (C=O) groups is 1. The molecule has 1 aromatic heterocycles. The number of hydrogen-bond acceptors (Lipinski definition) is 5. The van der Waals surface area contributed by atoms with Crippen molar-refractivity contribution in [3.63, 3.8) is 0 Å². The molecule has 2 aromatic rings. The second-order valence-corrected chi connectivity index (χ2v) is 7.39. The van der Waals surface area contributed by atoms with Crippen molar-refractivity contribution >= 4 is 29.7 Å². The highest BCUT2D eigenvalue weighted by atomic mass is 35.5. The topological polar surface area (TPSA) is 54.5 Å². The minimum atomic E-state index is 0. The van der Waals surface area contributed by atoms with E-state index in [1.165, 1.54) is 12.0 Å². The molecule has 3 rings (SSSR count). The summed E-state index contributed by atoms with van der Waals surface area (Å²) in [7, 11) is 1.66. The molecule has 7 heteroatoms. The Bertz CT molecular complexity index is 675. The molecule has 2 heterocycles. The second-order valence-electron chi connectivity index (χ2n) is 6.41. The number of carbonyl (C=O) groups excluding carboxylic acids is 1. The van der Waals surface area contributed by atoms with E-state index in [0.717, 1.165) is 30.1 Å². The smallest absolute Gasteiger partial charge is 0.254 e. The zero-order valence-corrected chi connectivity index (χ0v) is 16.7. The van der Waals surface area contributed by atoms with Gasteiger partial charge in [-0.05, 0) is 49.5 Å². The second kappa shape index (κ2) is 10.6. The van der Waals surface area contributed by atoms with Gasteiger partial charge in [0.05, 0.1) is 13.2 Å². The highest BCUT2D eigenvalue weighted by Gasteiger charge is 2.19. The monoisotopic (exact) mass is 395 g/mol. The van der Waals surface area contributed by atoms with Gasteiger partial charge in [0.25, 0.3) is 5.91 Å². The van der Waals surface area contributed by atoms with E-state index in [1.807, 2.05) is 28.5 Å². The Morgan fingerprint density at radius 2 is 2.35 bits per heavy atom. The van der Waals surface area contributed by atoms with Gasteiger partial charge >= 0.3 is 0 Å². The number of nitrogens with zero attached hydrogens (tertiary/aromatic N) is 2. The third kappa shape index (κ3) is 5.77. The number of hydrogen-bond donors (Lipinski definition) is 1. The summed E-state index contributed by atoms with van der Waals surface area (Å²) in [5, 5.41) is 6.28. The van der Waals surface area contributed by atoms with Crippen LogP contribution in [0.4, 0.5) is 0 Å². The van der Waals surface area contributed by atoms with Crippen molar-refractivity contribution in [1.29, 1.82) is 0 Å². The van der Waals surface area contributed by atoms with E-state index in [4.69, 9.17) is 4.74 Å². The van der Waals surface area contributed by atoms with Crippen LogP contribution in [0, 0.1) is 5.92 Å². The maximum atomic E-state index is 13.0. The molecule has 1 aliphatic rings. The summed E-state index contributed by atoms with van der Waals surface area (Å²) in [6.07, 6.45) is 4.01. The zero-order chi connectivity index (χ0) is 17.5. The molecule has 1 saturated heterocycles. The largest absolute Gasteiger partial charge is 0.383 e. The molecule has 0 radical (unpaired) electrons. The SMILES string of the molecule is COCCN(Cc1nccs1)C(=O)c1cccc(CC2CCNC2)c1.Cl. The minimum absolute atomic E-state index is 0. The van der Waals surface area contributed by atoms with Gasteiger partial charge in [-0.3, -0.25) is 4.79 Å². The molecule has 0 bridgehead atoms. The molecule has 5 nitrogen and oxygen atoms in total. The van der Waals surface area contributed by atoms with Crippen LogP contribution in [0.5, 0.6) is 0 Å². The van der Waals surface area contributed by atoms with Crippen LogP contribution in [0.3, 0.4) is 0 Å². The molecule has 26 heavy (non-hydrogen) atoms. The summed E-state index contributed by atoms with van der Waals surface area (Å²) in [5.74, 6) is 0.712. The van der Waals surface area contributed by atoms with Gasteiger partial charge in [-0.15, -0.1) is 23.7 Å². The number of rotatable bonds is 8. The summed E-state index contributed by atoms with van der Waals surface area (Å²) in [5.41, 5.74) is 1.98. The predicted octanol–water partition coefficient (Wildman–Crippen LogP) is 3.01. The first-order chi connectivity index (χ1) is 12.3. The molecule has 1 unspecified atom stereocenters. The van der Waals surface area contributed by atoms with E-state index in [0.29, 0.717) is 25.6 Å². The standard InChI is InChI=1S/C19H25N3O2S.ClH/c1-24-9-8-22(14-18-21-7-10-25-18)19(23)17-4-2-3-15(12-17)11-16-5-6-20-13-16;/h2-4,7,10,12,16,20H,5-6,8-9,11,13-14H2,1H3;1H. The van der Waals surface area contributed by atoms with E-state index >= 15 is 0 Å². The summed E-state index contributed by atoms with van der Waals surface area (Å²) < 4.78 is 5.17. The van der Waals surface area contributed by atoms with Gasteiger partial charge in [0.2, 0.25) is 0 Å². The number of amides is 1. The third-order valence-electron chi connectivity index (χ3n) is 4.52. The normalized spacial score (nSPS) is 16.3. The van der Waals surface area contributed by atoms with Crippen LogP contribution in [0.15, 0.2) is 35.8 Å². The number of thiazole rings is 1. The number of nitrogens with one attached hydrogen (secondary N) is 1. The molecule has 0 spiro atoms. The highest BCUT2D eigenvalue weighted by Crippen LogP contribution is 2.18. The van der Waals surface area contributed by atoms with Gasteiger partial charge in [-0.2, -0.15) is 0 Å².